The number of carbonyl (C=O) groups is 2. The van der Waals surface area contributed by atoms with Gasteiger partial charge in [0.05, 0.1) is 6.10 Å². The summed E-state index contributed by atoms with van der Waals surface area (Å²) in [6.07, 6.45) is 6.00. The van der Waals surface area contributed by atoms with Gasteiger partial charge in [0.2, 0.25) is 6.29 Å². The lowest BCUT2D eigenvalue weighted by Gasteiger charge is -2.43. The number of methoxy groups -OCH3 is 2. The highest BCUT2D eigenvalue weighted by molar-refractivity contribution is 5.74. The molecule has 5 aliphatic carbocycles. The molecule has 8 nitrogen and oxygen atoms in total. The van der Waals surface area contributed by atoms with E-state index in [1.165, 1.54) is 53.2 Å². The summed E-state index contributed by atoms with van der Waals surface area (Å²) < 4.78 is 25.6. The molecule has 0 aromatic heterocycles. The molecule has 4 bridgehead atoms. The van der Waals surface area contributed by atoms with Crippen LogP contribution in [-0.2, 0) is 33.3 Å². The zero-order valence-electron chi connectivity index (χ0n) is 26.1. The maximum Gasteiger partial charge on any atom is 0.337 e. The number of hydrogen-bond donors (Lipinski definition) is 1. The van der Waals surface area contributed by atoms with E-state index in [1.807, 2.05) is 27.7 Å². The predicted octanol–water partition coefficient (Wildman–Crippen LogP) is 5.59. The number of ether oxygens (including phenoxy) is 5. The first-order chi connectivity index (χ1) is 18.7. The summed E-state index contributed by atoms with van der Waals surface area (Å²) in [5.41, 5.74) is 0. The van der Waals surface area contributed by atoms with E-state index < -0.39 is 36.7 Å². The molecule has 0 radical (unpaired) electrons. The van der Waals surface area contributed by atoms with Crippen LogP contribution in [0.3, 0.4) is 0 Å². The van der Waals surface area contributed by atoms with Gasteiger partial charge in [0, 0.05) is 14.2 Å². The summed E-state index contributed by atoms with van der Waals surface area (Å²) in [6, 6.07) is 0. The number of rotatable bonds is 8. The minimum absolute atomic E-state index is 0.257. The predicted molar refractivity (Wildman–Crippen MR) is 149 cm³/mol. The standard InChI is InChI=1S/C20H30O4.C7H14O4.2C2H6/c1-9(21)20(22)24-10(2)23-17-7-11-6-16(17)19-15-8-14(18(11)19)12-4-3-5-13(12)15;1-5(9-3)7(8)11-6(2)10-4;2*1-2/h9-19,21H,3-8H2,1-2H3;5-6H,1-4H3;2*1-2H3. The van der Waals surface area contributed by atoms with Crippen molar-refractivity contribution < 1.29 is 38.4 Å². The van der Waals surface area contributed by atoms with E-state index >= 15 is 0 Å². The summed E-state index contributed by atoms with van der Waals surface area (Å²) in [7, 11) is 2.92. The lowest BCUT2D eigenvalue weighted by Crippen LogP contribution is -2.42. The Labute approximate surface area is 236 Å². The van der Waals surface area contributed by atoms with E-state index in [4.69, 9.17) is 23.7 Å². The third-order valence-corrected chi connectivity index (χ3v) is 9.62. The van der Waals surface area contributed by atoms with Gasteiger partial charge in [-0.25, -0.2) is 9.59 Å². The van der Waals surface area contributed by atoms with Gasteiger partial charge in [0.1, 0.15) is 6.10 Å². The number of fused-ring (bicyclic) bond motifs is 12. The first kappa shape index (κ1) is 34.0. The molecule has 1 N–H and O–H groups in total. The zero-order valence-corrected chi connectivity index (χ0v) is 26.1. The van der Waals surface area contributed by atoms with Gasteiger partial charge >= 0.3 is 11.9 Å². The number of esters is 2. The van der Waals surface area contributed by atoms with Crippen molar-refractivity contribution in [1.29, 1.82) is 0 Å². The molecule has 5 rings (SSSR count). The molecular formula is C31H56O8. The minimum atomic E-state index is -1.08. The second-order valence-electron chi connectivity index (χ2n) is 11.3. The first-order valence-corrected chi connectivity index (χ1v) is 15.5. The average molecular weight is 557 g/mol. The molecule has 13 unspecified atom stereocenters. The normalized spacial score (nSPS) is 37.4. The molecule has 5 aliphatic rings. The van der Waals surface area contributed by atoms with Crippen molar-refractivity contribution in [2.75, 3.05) is 14.2 Å². The van der Waals surface area contributed by atoms with Crippen LogP contribution in [0.5, 0.6) is 0 Å². The fourth-order valence-corrected chi connectivity index (χ4v) is 8.35. The van der Waals surface area contributed by atoms with E-state index in [1.54, 1.807) is 20.8 Å². The van der Waals surface area contributed by atoms with Gasteiger partial charge in [0.25, 0.3) is 0 Å². The average Bonchev–Trinajstić information content (AvgIpc) is 3.74. The fourth-order valence-electron chi connectivity index (χ4n) is 8.35. The topological polar surface area (TPSA) is 101 Å². The van der Waals surface area contributed by atoms with Crippen molar-refractivity contribution in [3.05, 3.63) is 0 Å². The lowest BCUT2D eigenvalue weighted by atomic mass is 9.64. The molecule has 39 heavy (non-hydrogen) atoms. The summed E-state index contributed by atoms with van der Waals surface area (Å²) in [5, 5.41) is 9.29. The molecule has 5 saturated carbocycles. The minimum Gasteiger partial charge on any atom is -0.434 e. The molecule has 13 atom stereocenters. The largest absolute Gasteiger partial charge is 0.434 e. The van der Waals surface area contributed by atoms with Crippen LogP contribution in [0.2, 0.25) is 0 Å². The Bertz CT molecular complexity index is 757. The van der Waals surface area contributed by atoms with Crippen LogP contribution in [0.1, 0.15) is 93.9 Å². The van der Waals surface area contributed by atoms with Crippen LogP contribution in [0.4, 0.5) is 0 Å². The van der Waals surface area contributed by atoms with Crippen molar-refractivity contribution in [2.45, 2.75) is 125 Å². The Kier molecular flexibility index (Phi) is 13.7. The van der Waals surface area contributed by atoms with Crippen molar-refractivity contribution >= 4 is 11.9 Å². The highest BCUT2D eigenvalue weighted by atomic mass is 16.7. The highest BCUT2D eigenvalue weighted by Gasteiger charge is 2.68. The maximum absolute atomic E-state index is 11.5. The van der Waals surface area contributed by atoms with Crippen LogP contribution < -0.4 is 0 Å². The summed E-state index contributed by atoms with van der Waals surface area (Å²) in [5.74, 6) is 6.46. The molecule has 0 aromatic carbocycles. The molecule has 0 aliphatic heterocycles. The monoisotopic (exact) mass is 556 g/mol. The second kappa shape index (κ2) is 15.7. The van der Waals surface area contributed by atoms with Crippen LogP contribution >= 0.6 is 0 Å². The van der Waals surface area contributed by atoms with Gasteiger partial charge in [0.15, 0.2) is 12.4 Å². The Balaban J connectivity index is 0.000000304. The van der Waals surface area contributed by atoms with Gasteiger partial charge in [-0.05, 0) is 107 Å². The zero-order chi connectivity index (χ0) is 29.4. The van der Waals surface area contributed by atoms with Gasteiger partial charge < -0.3 is 28.8 Å². The van der Waals surface area contributed by atoms with E-state index in [9.17, 15) is 14.7 Å². The van der Waals surface area contributed by atoms with Crippen molar-refractivity contribution in [2.24, 2.45) is 47.3 Å². The smallest absolute Gasteiger partial charge is 0.337 e. The third kappa shape index (κ3) is 7.55. The molecule has 5 fully saturated rings. The quantitative estimate of drug-likeness (QED) is 0.235. The highest BCUT2D eigenvalue weighted by Crippen LogP contribution is 2.73. The summed E-state index contributed by atoms with van der Waals surface area (Å²) >= 11 is 0. The van der Waals surface area contributed by atoms with Crippen LogP contribution in [0.25, 0.3) is 0 Å². The Hall–Kier alpha value is -1.22. The van der Waals surface area contributed by atoms with Crippen LogP contribution in [0, 0.1) is 47.3 Å². The van der Waals surface area contributed by atoms with E-state index in [2.05, 4.69) is 0 Å². The number of carbonyl (C=O) groups excluding carboxylic acids is 2. The van der Waals surface area contributed by atoms with Crippen molar-refractivity contribution in [3.63, 3.8) is 0 Å². The summed E-state index contributed by atoms with van der Waals surface area (Å²) in [4.78, 5) is 22.5. The maximum atomic E-state index is 11.5. The molecule has 0 aromatic rings. The number of hydrogen-bond acceptors (Lipinski definition) is 8. The van der Waals surface area contributed by atoms with E-state index in [0.717, 1.165) is 47.8 Å². The molecule has 0 spiro atoms. The van der Waals surface area contributed by atoms with E-state index in [-0.39, 0.29) is 6.10 Å². The second-order valence-corrected chi connectivity index (χ2v) is 11.3. The van der Waals surface area contributed by atoms with Gasteiger partial charge in [-0.2, -0.15) is 0 Å². The Morgan fingerprint density at radius 3 is 1.79 bits per heavy atom. The molecule has 0 amide bonds. The molecular weight excluding hydrogens is 500 g/mol. The Morgan fingerprint density at radius 1 is 0.692 bits per heavy atom. The first-order valence-electron chi connectivity index (χ1n) is 15.5. The molecule has 228 valence electrons. The van der Waals surface area contributed by atoms with Crippen LogP contribution in [0.15, 0.2) is 0 Å². The van der Waals surface area contributed by atoms with Crippen molar-refractivity contribution in [1.82, 2.24) is 0 Å². The van der Waals surface area contributed by atoms with E-state index in [0.29, 0.717) is 5.92 Å². The number of aliphatic hydroxyl groups is 1. The summed E-state index contributed by atoms with van der Waals surface area (Å²) in [6.45, 7) is 14.5. The Morgan fingerprint density at radius 2 is 1.26 bits per heavy atom. The third-order valence-electron chi connectivity index (χ3n) is 9.62. The lowest BCUT2D eigenvalue weighted by molar-refractivity contribution is -0.200. The molecule has 0 heterocycles. The van der Waals surface area contributed by atoms with Crippen LogP contribution in [-0.4, -0.2) is 62.2 Å². The van der Waals surface area contributed by atoms with Gasteiger partial charge in [-0.15, -0.1) is 0 Å². The number of aliphatic hydroxyl groups excluding tert-OH is 1. The van der Waals surface area contributed by atoms with Gasteiger partial charge in [-0.1, -0.05) is 34.1 Å². The fraction of sp³-hybridized carbons (Fsp3) is 0.935. The van der Waals surface area contributed by atoms with Crippen molar-refractivity contribution in [3.8, 4) is 0 Å². The molecule has 8 heteroatoms. The molecule has 0 saturated heterocycles. The van der Waals surface area contributed by atoms with Gasteiger partial charge in [-0.3, -0.25) is 0 Å². The SMILES string of the molecule is CC.CC.CC(OC(=O)C(C)O)OC1CC2CC1C1C3CC(C4CCCC43)C21.COC(C)OC(=O)C(C)OC.